The lowest BCUT2D eigenvalue weighted by atomic mass is 9.77. The molecule has 0 spiro atoms. The summed E-state index contributed by atoms with van der Waals surface area (Å²) < 4.78 is 37.3. The first-order chi connectivity index (χ1) is 16.5. The van der Waals surface area contributed by atoms with Crippen molar-refractivity contribution in [2.45, 2.75) is 56.1 Å². The Labute approximate surface area is 205 Å². The van der Waals surface area contributed by atoms with Crippen LogP contribution in [0, 0.1) is 5.82 Å². The number of benzene rings is 2. The normalized spacial score (nSPS) is 23.7. The average molecular weight is 502 g/mol. The summed E-state index contributed by atoms with van der Waals surface area (Å²) in [6.45, 7) is 0.508. The van der Waals surface area contributed by atoms with E-state index >= 15 is 0 Å². The van der Waals surface area contributed by atoms with Crippen molar-refractivity contribution in [1.82, 2.24) is 10.2 Å². The molecule has 2 amide bonds. The van der Waals surface area contributed by atoms with Gasteiger partial charge in [-0.05, 0) is 73.4 Å². The number of hydrogen-bond donors (Lipinski definition) is 2. The Morgan fingerprint density at radius 2 is 1.97 bits per heavy atom. The van der Waals surface area contributed by atoms with Crippen molar-refractivity contribution in [2.24, 2.45) is 5.73 Å². The molecular weight excluding hydrogens is 469 g/mol. The van der Waals surface area contributed by atoms with Crippen LogP contribution in [0.1, 0.15) is 59.5 Å². The number of nitrogens with two attached hydrogens (primary N) is 1. The molecule has 2 bridgehead atoms. The van der Waals surface area contributed by atoms with Gasteiger partial charge in [-0.15, -0.1) is 0 Å². The van der Waals surface area contributed by atoms with E-state index in [-0.39, 0.29) is 18.0 Å². The van der Waals surface area contributed by atoms with Gasteiger partial charge in [0.05, 0.1) is 0 Å². The second-order valence-corrected chi connectivity index (χ2v) is 12.2. The average Bonchev–Trinajstić information content (AvgIpc) is 3.09. The maximum absolute atomic E-state index is 13.7. The Balaban J connectivity index is 1.51. The highest BCUT2D eigenvalue weighted by Gasteiger charge is 2.45. The van der Waals surface area contributed by atoms with E-state index in [1.54, 1.807) is 18.2 Å². The minimum absolute atomic E-state index is 0.149. The highest BCUT2D eigenvalue weighted by atomic mass is 32.2. The first kappa shape index (κ1) is 25.3. The third-order valence-corrected chi connectivity index (χ3v) is 7.96. The number of nitrogens with one attached hydrogen (secondary N) is 1. The van der Waals surface area contributed by atoms with E-state index in [2.05, 4.69) is 5.32 Å². The molecule has 3 atom stereocenters. The molecule has 0 aliphatic carbocycles. The summed E-state index contributed by atoms with van der Waals surface area (Å²) >= 11 is 0. The summed E-state index contributed by atoms with van der Waals surface area (Å²) in [7, 11) is -3.50. The first-order valence-electron chi connectivity index (χ1n) is 11.9. The van der Waals surface area contributed by atoms with Crippen LogP contribution in [0.15, 0.2) is 48.5 Å². The fourth-order valence-corrected chi connectivity index (χ4v) is 6.21. The summed E-state index contributed by atoms with van der Waals surface area (Å²) in [6.07, 6.45) is 5.48. The van der Waals surface area contributed by atoms with E-state index in [4.69, 9.17) is 5.73 Å². The molecule has 4 rings (SSSR count). The molecule has 2 fully saturated rings. The lowest BCUT2D eigenvalue weighted by Gasteiger charge is -2.41. The van der Waals surface area contributed by atoms with Crippen LogP contribution < -0.4 is 11.1 Å². The van der Waals surface area contributed by atoms with Crippen LogP contribution in [0.5, 0.6) is 0 Å². The van der Waals surface area contributed by atoms with E-state index in [0.717, 1.165) is 37.5 Å². The predicted molar refractivity (Wildman–Crippen MR) is 132 cm³/mol. The van der Waals surface area contributed by atoms with Gasteiger partial charge in [0.2, 0.25) is 11.8 Å². The van der Waals surface area contributed by atoms with Gasteiger partial charge in [-0.3, -0.25) is 9.59 Å². The van der Waals surface area contributed by atoms with Crippen LogP contribution in [0.25, 0.3) is 0 Å². The molecule has 3 N–H and O–H groups in total. The molecule has 2 saturated heterocycles. The van der Waals surface area contributed by atoms with Gasteiger partial charge in [-0.1, -0.05) is 24.3 Å². The zero-order valence-electron chi connectivity index (χ0n) is 19.9. The van der Waals surface area contributed by atoms with E-state index < -0.39 is 33.2 Å². The first-order valence-corrected chi connectivity index (χ1v) is 14.0. The van der Waals surface area contributed by atoms with Crippen molar-refractivity contribution in [1.29, 1.82) is 0 Å². The Kier molecular flexibility index (Phi) is 7.28. The molecule has 2 unspecified atom stereocenters. The topological polar surface area (TPSA) is 110 Å². The zero-order valence-corrected chi connectivity index (χ0v) is 20.7. The number of halogens is 1. The summed E-state index contributed by atoms with van der Waals surface area (Å²) in [5.74, 6) is -1.65. The summed E-state index contributed by atoms with van der Waals surface area (Å²) in [5.41, 5.74) is 7.48. The number of piperidine rings is 1. The minimum atomic E-state index is -3.50. The number of carbonyl (C=O) groups excluding carboxylic acids is 2. The van der Waals surface area contributed by atoms with Crippen molar-refractivity contribution in [3.63, 3.8) is 0 Å². The molecule has 0 aromatic heterocycles. The standard InChI is InChI=1S/C26H32FN3O4S/c1-35(33,34)17-24(31)30(16-18-4-2-7-22(27)12-18)11-10-26-9-8-23(29-26)14-21(15-26)19-5-3-6-20(13-19)25(28)32/h2-7,12-13,21,23,29H,8-11,14-17H2,1H3,(H2,28,32)/t21?,23?,26-/m1/s1. The van der Waals surface area contributed by atoms with Crippen LogP contribution in [0.2, 0.25) is 0 Å². The van der Waals surface area contributed by atoms with Crippen LogP contribution in [-0.4, -0.2) is 55.3 Å². The maximum Gasteiger partial charge on any atom is 0.248 e. The third-order valence-electron chi connectivity index (χ3n) is 7.19. The van der Waals surface area contributed by atoms with Crippen LogP contribution in [-0.2, 0) is 21.2 Å². The molecule has 9 heteroatoms. The van der Waals surface area contributed by atoms with Crippen molar-refractivity contribution in [3.05, 3.63) is 71.0 Å². The van der Waals surface area contributed by atoms with Gasteiger partial charge in [-0.2, -0.15) is 0 Å². The molecule has 188 valence electrons. The van der Waals surface area contributed by atoms with E-state index in [9.17, 15) is 22.4 Å². The van der Waals surface area contributed by atoms with E-state index in [0.29, 0.717) is 30.1 Å². The number of fused-ring (bicyclic) bond motifs is 2. The molecule has 2 heterocycles. The molecule has 7 nitrogen and oxygen atoms in total. The number of sulfone groups is 1. The molecule has 0 saturated carbocycles. The van der Waals surface area contributed by atoms with Crippen molar-refractivity contribution in [2.75, 3.05) is 18.6 Å². The fraction of sp³-hybridized carbons (Fsp3) is 0.462. The number of nitrogens with zero attached hydrogens (tertiary/aromatic N) is 1. The van der Waals surface area contributed by atoms with Crippen molar-refractivity contribution in [3.8, 4) is 0 Å². The molecule has 2 aromatic carbocycles. The van der Waals surface area contributed by atoms with Gasteiger partial charge in [-0.25, -0.2) is 12.8 Å². The molecule has 2 aliphatic rings. The lowest BCUT2D eigenvalue weighted by Crippen LogP contribution is -2.51. The van der Waals surface area contributed by atoms with E-state index in [1.807, 2.05) is 18.2 Å². The molecule has 2 aliphatic heterocycles. The van der Waals surface area contributed by atoms with Crippen LogP contribution in [0.4, 0.5) is 4.39 Å². The monoisotopic (exact) mass is 501 g/mol. The second-order valence-electron chi connectivity index (χ2n) is 10.1. The summed E-state index contributed by atoms with van der Waals surface area (Å²) in [5, 5.41) is 3.75. The zero-order chi connectivity index (χ0) is 25.2. The Morgan fingerprint density at radius 1 is 1.20 bits per heavy atom. The quantitative estimate of drug-likeness (QED) is 0.549. The van der Waals surface area contributed by atoms with Gasteiger partial charge in [0.15, 0.2) is 9.84 Å². The molecule has 2 aromatic rings. The molecule has 0 radical (unpaired) electrons. The Morgan fingerprint density at radius 3 is 2.69 bits per heavy atom. The number of primary amides is 1. The SMILES string of the molecule is CS(=O)(=O)CC(=O)N(CC[C@]12CCC(CC(c3cccc(C(N)=O)c3)C1)N2)Cc1cccc(F)c1. The highest BCUT2D eigenvalue weighted by molar-refractivity contribution is 7.91. The van der Waals surface area contributed by atoms with Gasteiger partial charge >= 0.3 is 0 Å². The van der Waals surface area contributed by atoms with Crippen LogP contribution in [0.3, 0.4) is 0 Å². The second kappa shape index (κ2) is 10.1. The van der Waals surface area contributed by atoms with Crippen molar-refractivity contribution < 1.29 is 22.4 Å². The van der Waals surface area contributed by atoms with E-state index in [1.165, 1.54) is 17.0 Å². The summed E-state index contributed by atoms with van der Waals surface area (Å²) in [4.78, 5) is 26.1. The Bertz CT molecular complexity index is 1220. The third kappa shape index (κ3) is 6.46. The predicted octanol–water partition coefficient (Wildman–Crippen LogP) is 2.76. The minimum Gasteiger partial charge on any atom is -0.366 e. The van der Waals surface area contributed by atoms with Gasteiger partial charge in [0, 0.05) is 36.5 Å². The fourth-order valence-electron chi connectivity index (χ4n) is 5.58. The summed E-state index contributed by atoms with van der Waals surface area (Å²) in [6, 6.07) is 13.8. The lowest BCUT2D eigenvalue weighted by molar-refractivity contribution is -0.129. The largest absolute Gasteiger partial charge is 0.366 e. The highest BCUT2D eigenvalue weighted by Crippen LogP contribution is 2.45. The smallest absolute Gasteiger partial charge is 0.248 e. The van der Waals surface area contributed by atoms with Crippen LogP contribution >= 0.6 is 0 Å². The Hall–Kier alpha value is -2.78. The van der Waals surface area contributed by atoms with Gasteiger partial charge in [0.25, 0.3) is 0 Å². The molecule has 35 heavy (non-hydrogen) atoms. The maximum atomic E-state index is 13.7. The van der Waals surface area contributed by atoms with Crippen molar-refractivity contribution >= 4 is 21.7 Å². The number of rotatable bonds is 9. The number of carbonyl (C=O) groups is 2. The number of amides is 2. The number of hydrogen-bond acceptors (Lipinski definition) is 5. The molecular formula is C26H32FN3O4S. The van der Waals surface area contributed by atoms with Gasteiger partial charge < -0.3 is 16.0 Å². The van der Waals surface area contributed by atoms with Gasteiger partial charge in [0.1, 0.15) is 11.6 Å².